The van der Waals surface area contributed by atoms with Crippen LogP contribution in [0.1, 0.15) is 51.2 Å². The van der Waals surface area contributed by atoms with E-state index in [9.17, 15) is 0 Å². The zero-order chi connectivity index (χ0) is 21.6. The first-order valence-corrected chi connectivity index (χ1v) is 11.6. The van der Waals surface area contributed by atoms with E-state index in [1.54, 1.807) is 7.11 Å². The molecule has 0 unspecified atom stereocenters. The number of methoxy groups -OCH3 is 1. The molecular formula is C24H42N4O2. The van der Waals surface area contributed by atoms with Crippen molar-refractivity contribution in [2.24, 2.45) is 4.99 Å². The first kappa shape index (κ1) is 24.6. The van der Waals surface area contributed by atoms with Crippen LogP contribution in [0.4, 0.5) is 0 Å². The molecule has 2 rings (SSSR count). The van der Waals surface area contributed by atoms with Crippen LogP contribution in [0.25, 0.3) is 0 Å². The van der Waals surface area contributed by atoms with Gasteiger partial charge in [-0.25, -0.2) is 4.99 Å². The minimum atomic E-state index is 0.357. The number of nitrogens with zero attached hydrogens (tertiary/aromatic N) is 3. The molecule has 1 fully saturated rings. The molecule has 0 spiro atoms. The molecule has 170 valence electrons. The summed E-state index contributed by atoms with van der Waals surface area (Å²) in [6.45, 7) is 14.8. The van der Waals surface area contributed by atoms with Crippen LogP contribution in [0.2, 0.25) is 0 Å². The highest BCUT2D eigenvalue weighted by atomic mass is 16.5. The maximum atomic E-state index is 6.00. The van der Waals surface area contributed by atoms with Gasteiger partial charge in [0.25, 0.3) is 0 Å². The van der Waals surface area contributed by atoms with Gasteiger partial charge in [-0.05, 0) is 50.4 Å². The number of aliphatic imine (C=N–C) groups is 1. The largest absolute Gasteiger partial charge is 0.385 e. The maximum Gasteiger partial charge on any atom is 0.194 e. The Kier molecular flexibility index (Phi) is 11.8. The molecule has 6 heteroatoms. The fourth-order valence-corrected chi connectivity index (χ4v) is 3.83. The molecule has 6 nitrogen and oxygen atoms in total. The van der Waals surface area contributed by atoms with Crippen molar-refractivity contribution in [2.75, 3.05) is 53.0 Å². The number of nitrogens with one attached hydrogen (secondary N) is 1. The minimum Gasteiger partial charge on any atom is -0.385 e. The van der Waals surface area contributed by atoms with Gasteiger partial charge in [-0.15, -0.1) is 0 Å². The third-order valence-electron chi connectivity index (χ3n) is 5.73. The van der Waals surface area contributed by atoms with Crippen molar-refractivity contribution < 1.29 is 9.47 Å². The van der Waals surface area contributed by atoms with Crippen molar-refractivity contribution in [1.29, 1.82) is 0 Å². The molecule has 0 saturated carbocycles. The zero-order valence-electron chi connectivity index (χ0n) is 19.5. The van der Waals surface area contributed by atoms with E-state index < -0.39 is 0 Å². The van der Waals surface area contributed by atoms with E-state index in [1.807, 2.05) is 0 Å². The Morgan fingerprint density at radius 3 is 2.43 bits per heavy atom. The average molecular weight is 419 g/mol. The number of benzene rings is 1. The normalized spacial score (nSPS) is 15.8. The van der Waals surface area contributed by atoms with Crippen molar-refractivity contribution in [3.8, 4) is 0 Å². The van der Waals surface area contributed by atoms with Gasteiger partial charge in [-0.1, -0.05) is 38.1 Å². The van der Waals surface area contributed by atoms with Gasteiger partial charge in [0.15, 0.2) is 5.96 Å². The lowest BCUT2D eigenvalue weighted by Gasteiger charge is -2.34. The fourth-order valence-electron chi connectivity index (χ4n) is 3.83. The van der Waals surface area contributed by atoms with Crippen LogP contribution in [0, 0.1) is 0 Å². The van der Waals surface area contributed by atoms with Crippen LogP contribution in [-0.2, 0) is 22.6 Å². The van der Waals surface area contributed by atoms with Gasteiger partial charge < -0.3 is 19.7 Å². The van der Waals surface area contributed by atoms with E-state index in [2.05, 4.69) is 60.2 Å². The molecular weight excluding hydrogens is 376 g/mol. The second-order valence-electron chi connectivity index (χ2n) is 7.80. The van der Waals surface area contributed by atoms with Gasteiger partial charge in [0, 0.05) is 46.5 Å². The predicted octanol–water partition coefficient (Wildman–Crippen LogP) is 3.51. The summed E-state index contributed by atoms with van der Waals surface area (Å²) in [5.41, 5.74) is 2.69. The Hall–Kier alpha value is -1.63. The summed E-state index contributed by atoms with van der Waals surface area (Å²) in [5, 5.41) is 3.49. The first-order chi connectivity index (χ1) is 14.7. The van der Waals surface area contributed by atoms with E-state index in [0.29, 0.717) is 12.6 Å². The Bertz CT molecular complexity index is 611. The van der Waals surface area contributed by atoms with Gasteiger partial charge in [0.1, 0.15) is 0 Å². The molecule has 0 radical (unpaired) electrons. The highest BCUT2D eigenvalue weighted by Crippen LogP contribution is 2.16. The van der Waals surface area contributed by atoms with Crippen molar-refractivity contribution in [3.63, 3.8) is 0 Å². The number of hydrogen-bond acceptors (Lipinski definition) is 4. The van der Waals surface area contributed by atoms with Gasteiger partial charge in [0.2, 0.25) is 0 Å². The second kappa shape index (κ2) is 14.4. The fraction of sp³-hybridized carbons (Fsp3) is 0.708. The molecule has 1 N–H and O–H groups in total. The second-order valence-corrected chi connectivity index (χ2v) is 7.80. The SMILES string of the molecule is CCNC(=NCc1ccccc1CN(CC)CC)N1CCC(OCCCOC)CC1. The molecule has 0 atom stereocenters. The van der Waals surface area contributed by atoms with Crippen molar-refractivity contribution >= 4 is 5.96 Å². The van der Waals surface area contributed by atoms with E-state index in [1.165, 1.54) is 11.1 Å². The highest BCUT2D eigenvalue weighted by Gasteiger charge is 2.22. The lowest BCUT2D eigenvalue weighted by molar-refractivity contribution is 0.00990. The molecule has 1 saturated heterocycles. The first-order valence-electron chi connectivity index (χ1n) is 11.6. The maximum absolute atomic E-state index is 6.00. The van der Waals surface area contributed by atoms with Crippen LogP contribution in [0.15, 0.2) is 29.3 Å². The van der Waals surface area contributed by atoms with Crippen LogP contribution in [0.5, 0.6) is 0 Å². The molecule has 1 aliphatic heterocycles. The third kappa shape index (κ3) is 8.25. The average Bonchev–Trinajstić information content (AvgIpc) is 2.79. The summed E-state index contributed by atoms with van der Waals surface area (Å²) in [7, 11) is 1.74. The van der Waals surface area contributed by atoms with Gasteiger partial charge in [-0.2, -0.15) is 0 Å². The Morgan fingerprint density at radius 2 is 1.80 bits per heavy atom. The Balaban J connectivity index is 1.94. The van der Waals surface area contributed by atoms with Crippen LogP contribution in [-0.4, -0.2) is 74.9 Å². The van der Waals surface area contributed by atoms with E-state index in [4.69, 9.17) is 14.5 Å². The van der Waals surface area contributed by atoms with Gasteiger partial charge in [0.05, 0.1) is 12.6 Å². The molecule has 30 heavy (non-hydrogen) atoms. The Morgan fingerprint density at radius 1 is 1.10 bits per heavy atom. The summed E-state index contributed by atoms with van der Waals surface area (Å²) >= 11 is 0. The molecule has 0 aliphatic carbocycles. The zero-order valence-corrected chi connectivity index (χ0v) is 19.5. The van der Waals surface area contributed by atoms with Crippen molar-refractivity contribution in [3.05, 3.63) is 35.4 Å². The van der Waals surface area contributed by atoms with Crippen LogP contribution >= 0.6 is 0 Å². The number of guanidine groups is 1. The van der Waals surface area contributed by atoms with Gasteiger partial charge in [-0.3, -0.25) is 4.90 Å². The number of rotatable bonds is 12. The third-order valence-corrected chi connectivity index (χ3v) is 5.73. The summed E-state index contributed by atoms with van der Waals surface area (Å²) in [5.74, 6) is 1.02. The minimum absolute atomic E-state index is 0.357. The molecule has 0 aromatic heterocycles. The van der Waals surface area contributed by atoms with Crippen LogP contribution in [0.3, 0.4) is 0 Å². The van der Waals surface area contributed by atoms with E-state index >= 15 is 0 Å². The molecule has 0 amide bonds. The van der Waals surface area contributed by atoms with Crippen LogP contribution < -0.4 is 5.32 Å². The van der Waals surface area contributed by atoms with Gasteiger partial charge >= 0.3 is 0 Å². The number of likely N-dealkylation sites (tertiary alicyclic amines) is 1. The number of ether oxygens (including phenoxy) is 2. The summed E-state index contributed by atoms with van der Waals surface area (Å²) in [6.07, 6.45) is 3.43. The molecule has 0 bridgehead atoms. The summed E-state index contributed by atoms with van der Waals surface area (Å²) < 4.78 is 11.1. The molecule has 1 aromatic rings. The molecule has 1 heterocycles. The Labute approximate surface area is 183 Å². The topological polar surface area (TPSA) is 49.3 Å². The lowest BCUT2D eigenvalue weighted by atomic mass is 10.1. The van der Waals surface area contributed by atoms with E-state index in [-0.39, 0.29) is 0 Å². The van der Waals surface area contributed by atoms with Crippen molar-refractivity contribution in [2.45, 2.75) is 59.2 Å². The van der Waals surface area contributed by atoms with Crippen molar-refractivity contribution in [1.82, 2.24) is 15.1 Å². The smallest absolute Gasteiger partial charge is 0.194 e. The lowest BCUT2D eigenvalue weighted by Crippen LogP contribution is -2.47. The number of hydrogen-bond donors (Lipinski definition) is 1. The standard InChI is InChI=1S/C24H42N4O2/c1-5-25-24(28-15-13-23(14-16-28)30-18-10-17-29-4)26-19-21-11-8-9-12-22(21)20-27(6-2)7-3/h8-9,11-12,23H,5-7,10,13-20H2,1-4H3,(H,25,26). The predicted molar refractivity (Wildman–Crippen MR) is 125 cm³/mol. The summed E-state index contributed by atoms with van der Waals surface area (Å²) in [4.78, 5) is 9.82. The highest BCUT2D eigenvalue weighted by molar-refractivity contribution is 5.80. The van der Waals surface area contributed by atoms with E-state index in [0.717, 1.165) is 77.7 Å². The number of piperidine rings is 1. The summed E-state index contributed by atoms with van der Waals surface area (Å²) in [6, 6.07) is 8.71. The quantitative estimate of drug-likeness (QED) is 0.320. The monoisotopic (exact) mass is 418 g/mol. The molecule has 1 aromatic carbocycles. The molecule has 1 aliphatic rings.